The van der Waals surface area contributed by atoms with Gasteiger partial charge in [-0.15, -0.1) is 0 Å². The quantitative estimate of drug-likeness (QED) is 0.562. The number of nitrogens with two attached hydrogens (primary N) is 1. The van der Waals surface area contributed by atoms with Gasteiger partial charge < -0.3 is 9.84 Å². The molecule has 9 nitrogen and oxygen atoms in total. The van der Waals surface area contributed by atoms with Gasteiger partial charge in [0, 0.05) is 5.56 Å². The molecule has 0 unspecified atom stereocenters. The summed E-state index contributed by atoms with van der Waals surface area (Å²) in [6.07, 6.45) is 1.50. The first-order valence-electron chi connectivity index (χ1n) is 9.14. The van der Waals surface area contributed by atoms with Gasteiger partial charge in [-0.1, -0.05) is 23.4 Å². The molecular formula is C20H23N7O2. The average molecular weight is 393 g/mol. The second-order valence-corrected chi connectivity index (χ2v) is 7.24. The molecular weight excluding hydrogens is 370 g/mol. The highest BCUT2D eigenvalue weighted by Crippen LogP contribution is 2.38. The first-order chi connectivity index (χ1) is 13.9. The van der Waals surface area contributed by atoms with Crippen molar-refractivity contribution in [1.29, 1.82) is 0 Å². The number of anilines is 2. The predicted molar refractivity (Wildman–Crippen MR) is 109 cm³/mol. The zero-order chi connectivity index (χ0) is 20.6. The van der Waals surface area contributed by atoms with Crippen molar-refractivity contribution in [3.63, 3.8) is 0 Å². The van der Waals surface area contributed by atoms with E-state index in [0.717, 1.165) is 17.0 Å². The van der Waals surface area contributed by atoms with Crippen LogP contribution in [0, 0.1) is 0 Å². The van der Waals surface area contributed by atoms with Crippen LogP contribution in [0.4, 0.5) is 11.5 Å². The summed E-state index contributed by atoms with van der Waals surface area (Å²) in [7, 11) is 1.62. The Hall–Kier alpha value is -3.27. The molecule has 4 N–H and O–H groups in total. The van der Waals surface area contributed by atoms with Gasteiger partial charge in [0.1, 0.15) is 29.1 Å². The van der Waals surface area contributed by atoms with Crippen molar-refractivity contribution in [3.05, 3.63) is 60.2 Å². The van der Waals surface area contributed by atoms with E-state index < -0.39 is 5.60 Å². The van der Waals surface area contributed by atoms with E-state index in [2.05, 4.69) is 20.4 Å². The van der Waals surface area contributed by atoms with Crippen LogP contribution in [-0.4, -0.2) is 32.4 Å². The molecule has 0 radical (unpaired) electrons. The first-order valence-corrected chi connectivity index (χ1v) is 9.14. The Balaban J connectivity index is 1.68. The van der Waals surface area contributed by atoms with Crippen molar-refractivity contribution in [2.75, 3.05) is 17.5 Å². The number of rotatable bonds is 5. The molecule has 1 aromatic carbocycles. The molecule has 0 atom stereocenters. The number of nitrogens with one attached hydrogen (secondary N) is 1. The maximum Gasteiger partial charge on any atom is 0.174 e. The van der Waals surface area contributed by atoms with Crippen molar-refractivity contribution < 1.29 is 9.84 Å². The summed E-state index contributed by atoms with van der Waals surface area (Å²) in [5, 5.41) is 13.4. The first kappa shape index (κ1) is 19.1. The van der Waals surface area contributed by atoms with Crippen LogP contribution in [0.2, 0.25) is 0 Å². The number of aliphatic hydroxyl groups is 1. The number of nitrogens with zero attached hydrogens (tertiary/aromatic N) is 5. The van der Waals surface area contributed by atoms with E-state index in [9.17, 15) is 5.11 Å². The number of ether oxygens (including phenoxy) is 1. The Kier molecular flexibility index (Phi) is 4.79. The molecule has 1 aliphatic rings. The highest BCUT2D eigenvalue weighted by atomic mass is 16.5. The molecule has 0 saturated carbocycles. The van der Waals surface area contributed by atoms with E-state index in [4.69, 9.17) is 10.6 Å². The summed E-state index contributed by atoms with van der Waals surface area (Å²) in [5.41, 5.74) is 5.71. The maximum atomic E-state index is 10.2. The Morgan fingerprint density at radius 2 is 1.97 bits per heavy atom. The molecule has 1 aliphatic heterocycles. The predicted octanol–water partition coefficient (Wildman–Crippen LogP) is 2.21. The minimum Gasteiger partial charge on any atom is -0.497 e. The number of methoxy groups -OCH3 is 1. The Morgan fingerprint density at radius 3 is 2.72 bits per heavy atom. The maximum absolute atomic E-state index is 10.2. The summed E-state index contributed by atoms with van der Waals surface area (Å²) in [6, 6.07) is 13.2. The molecule has 2 aromatic heterocycles. The second-order valence-electron chi connectivity index (χ2n) is 7.24. The molecule has 0 saturated heterocycles. The summed E-state index contributed by atoms with van der Waals surface area (Å²) in [5.74, 6) is 7.56. The summed E-state index contributed by atoms with van der Waals surface area (Å²) >= 11 is 0. The molecule has 29 heavy (non-hydrogen) atoms. The molecule has 0 spiro atoms. The Bertz CT molecular complexity index is 1040. The second kappa shape index (κ2) is 7.28. The van der Waals surface area contributed by atoms with Crippen LogP contribution in [0.3, 0.4) is 0 Å². The van der Waals surface area contributed by atoms with Crippen LogP contribution in [0.25, 0.3) is 11.3 Å². The smallest absolute Gasteiger partial charge is 0.174 e. The van der Waals surface area contributed by atoms with Gasteiger partial charge in [0.2, 0.25) is 0 Å². The Labute approximate surface area is 168 Å². The number of hydrazine groups is 3. The summed E-state index contributed by atoms with van der Waals surface area (Å²) in [6.45, 7) is 3.78. The fourth-order valence-electron chi connectivity index (χ4n) is 3.15. The lowest BCUT2D eigenvalue weighted by Gasteiger charge is -2.24. The van der Waals surface area contributed by atoms with Crippen LogP contribution in [-0.2, 0) is 12.1 Å². The van der Waals surface area contributed by atoms with Crippen molar-refractivity contribution in [2.45, 2.75) is 26.0 Å². The van der Waals surface area contributed by atoms with E-state index in [0.29, 0.717) is 29.4 Å². The van der Waals surface area contributed by atoms with Gasteiger partial charge in [-0.25, -0.2) is 20.8 Å². The van der Waals surface area contributed by atoms with Gasteiger partial charge in [-0.05, 0) is 38.1 Å². The van der Waals surface area contributed by atoms with E-state index in [1.54, 1.807) is 32.0 Å². The van der Waals surface area contributed by atoms with Crippen molar-refractivity contribution in [2.24, 2.45) is 5.84 Å². The Morgan fingerprint density at radius 1 is 1.17 bits per heavy atom. The summed E-state index contributed by atoms with van der Waals surface area (Å²) in [4.78, 5) is 13.4. The van der Waals surface area contributed by atoms with E-state index >= 15 is 0 Å². The van der Waals surface area contributed by atoms with Gasteiger partial charge in [0.25, 0.3) is 0 Å². The molecule has 0 fully saturated rings. The van der Waals surface area contributed by atoms with Gasteiger partial charge in [-0.2, -0.15) is 0 Å². The molecule has 0 bridgehead atoms. The number of aromatic nitrogens is 3. The van der Waals surface area contributed by atoms with Gasteiger partial charge >= 0.3 is 0 Å². The zero-order valence-corrected chi connectivity index (χ0v) is 16.5. The van der Waals surface area contributed by atoms with Crippen LogP contribution >= 0.6 is 0 Å². The molecule has 0 amide bonds. The molecule has 3 aromatic rings. The average Bonchev–Trinajstić information content (AvgIpc) is 3.03. The fraction of sp³-hybridized carbons (Fsp3) is 0.250. The van der Waals surface area contributed by atoms with Crippen LogP contribution in [0.1, 0.15) is 25.2 Å². The van der Waals surface area contributed by atoms with Gasteiger partial charge in [-0.3, -0.25) is 10.4 Å². The normalized spacial score (nSPS) is 13.9. The molecule has 3 heterocycles. The number of benzene rings is 1. The number of hydrogen-bond acceptors (Lipinski definition) is 9. The largest absolute Gasteiger partial charge is 0.497 e. The highest BCUT2D eigenvalue weighted by molar-refractivity contribution is 5.84. The third-order valence-corrected chi connectivity index (χ3v) is 4.65. The van der Waals surface area contributed by atoms with Crippen LogP contribution in [0.15, 0.2) is 48.8 Å². The van der Waals surface area contributed by atoms with Crippen molar-refractivity contribution in [3.8, 4) is 17.0 Å². The van der Waals surface area contributed by atoms with E-state index in [1.165, 1.54) is 11.6 Å². The molecule has 4 rings (SSSR count). The van der Waals surface area contributed by atoms with Crippen LogP contribution < -0.4 is 21.0 Å². The lowest BCUT2D eigenvalue weighted by atomic mass is 10.0. The third-order valence-electron chi connectivity index (χ3n) is 4.65. The van der Waals surface area contributed by atoms with E-state index in [-0.39, 0.29) is 0 Å². The summed E-state index contributed by atoms with van der Waals surface area (Å²) < 4.78 is 5.32. The van der Waals surface area contributed by atoms with Gasteiger partial charge in [0.05, 0.1) is 25.0 Å². The van der Waals surface area contributed by atoms with Gasteiger partial charge in [0.15, 0.2) is 5.82 Å². The SMILES string of the molecule is COc1cccc(-c2ncnc3c2NN(N)N3Cc2cccc(C(C)(C)O)n2)c1. The molecule has 150 valence electrons. The fourth-order valence-corrected chi connectivity index (χ4v) is 3.15. The standard InChI is InChI=1S/C20H23N7O2/c1-20(2,28)16-9-5-7-14(24-16)11-26-19-18(25-27(26)21)17(22-12-23-19)13-6-4-8-15(10-13)29-3/h4-10,12,25,28H,11,21H2,1-3H3. The van der Waals surface area contributed by atoms with Crippen molar-refractivity contribution >= 4 is 11.5 Å². The zero-order valence-electron chi connectivity index (χ0n) is 16.5. The lowest BCUT2D eigenvalue weighted by Crippen LogP contribution is -2.46. The van der Waals surface area contributed by atoms with Crippen molar-refractivity contribution in [1.82, 2.24) is 20.2 Å². The molecule has 0 aliphatic carbocycles. The monoisotopic (exact) mass is 393 g/mol. The number of fused-ring (bicyclic) bond motifs is 1. The third kappa shape index (κ3) is 3.70. The van der Waals surface area contributed by atoms with Crippen LogP contribution in [0.5, 0.6) is 5.75 Å². The van der Waals surface area contributed by atoms with E-state index in [1.807, 2.05) is 36.4 Å². The minimum absolute atomic E-state index is 0.370. The highest BCUT2D eigenvalue weighted by Gasteiger charge is 2.30. The topological polar surface area (TPSA) is 113 Å². The minimum atomic E-state index is -1.03. The number of pyridine rings is 1. The lowest BCUT2D eigenvalue weighted by molar-refractivity contribution is 0.0736. The molecule has 9 heteroatoms. The number of hydrogen-bond donors (Lipinski definition) is 3.